The number of benzene rings is 2. The van der Waals surface area contributed by atoms with E-state index >= 15 is 0 Å². The van der Waals surface area contributed by atoms with Gasteiger partial charge in [-0.25, -0.2) is 0 Å². The number of nitrogens with one attached hydrogen (secondary N) is 1. The summed E-state index contributed by atoms with van der Waals surface area (Å²) in [5, 5.41) is 2.88. The molecule has 1 atom stereocenters. The molecule has 0 saturated heterocycles. The van der Waals surface area contributed by atoms with Crippen molar-refractivity contribution in [3.63, 3.8) is 0 Å². The molecule has 1 unspecified atom stereocenters. The molecule has 0 fully saturated rings. The largest absolute Gasteiger partial charge is 0.489 e. The first-order valence-electron chi connectivity index (χ1n) is 7.93. The monoisotopic (exact) mass is 328 g/mol. The number of methoxy groups -OCH3 is 1. The van der Waals surface area contributed by atoms with Crippen LogP contribution in [-0.4, -0.2) is 26.2 Å². The van der Waals surface area contributed by atoms with Crippen LogP contribution in [0.2, 0.25) is 0 Å². The molecule has 3 N–H and O–H groups in total. The number of amides is 1. The van der Waals surface area contributed by atoms with E-state index in [1.165, 1.54) is 0 Å². The van der Waals surface area contributed by atoms with Crippen LogP contribution < -0.4 is 15.8 Å². The number of ether oxygens (including phenoxy) is 2. The van der Waals surface area contributed by atoms with Crippen LogP contribution >= 0.6 is 0 Å². The maximum Gasteiger partial charge on any atom is 0.226 e. The Hall–Kier alpha value is -2.37. The van der Waals surface area contributed by atoms with Crippen molar-refractivity contribution in [2.45, 2.75) is 19.4 Å². The summed E-state index contributed by atoms with van der Waals surface area (Å²) in [5.41, 5.74) is 8.74. The molecule has 0 radical (unpaired) electrons. The molecule has 1 amide bonds. The standard InChI is InChI=1S/C19H24N2O3/c1-14-8-9-17(18(12-14)24-11-10-23-2)21-19(22)13-16(20)15-6-4-3-5-7-15/h3-9,12,16H,10-11,13,20H2,1-2H3,(H,21,22). The van der Waals surface area contributed by atoms with E-state index in [0.717, 1.165) is 11.1 Å². The number of nitrogens with two attached hydrogens (primary N) is 1. The lowest BCUT2D eigenvalue weighted by Crippen LogP contribution is -2.21. The van der Waals surface area contributed by atoms with Crippen molar-refractivity contribution in [1.29, 1.82) is 0 Å². The summed E-state index contributed by atoms with van der Waals surface area (Å²) in [6.45, 7) is 2.88. The normalized spacial score (nSPS) is 11.8. The molecule has 0 heterocycles. The zero-order valence-electron chi connectivity index (χ0n) is 14.1. The Morgan fingerprint density at radius 3 is 2.62 bits per heavy atom. The topological polar surface area (TPSA) is 73.6 Å². The quantitative estimate of drug-likeness (QED) is 0.731. The number of hydrogen-bond acceptors (Lipinski definition) is 4. The maximum absolute atomic E-state index is 12.3. The van der Waals surface area contributed by atoms with Gasteiger partial charge in [-0.15, -0.1) is 0 Å². The smallest absolute Gasteiger partial charge is 0.226 e. The lowest BCUT2D eigenvalue weighted by atomic mass is 10.0. The Kier molecular flexibility index (Phi) is 6.78. The van der Waals surface area contributed by atoms with Crippen LogP contribution in [0.5, 0.6) is 5.75 Å². The number of rotatable bonds is 8. The van der Waals surface area contributed by atoms with Crippen LogP contribution in [0.4, 0.5) is 5.69 Å². The van der Waals surface area contributed by atoms with Gasteiger partial charge in [0.25, 0.3) is 0 Å². The van der Waals surface area contributed by atoms with Gasteiger partial charge in [-0.1, -0.05) is 36.4 Å². The highest BCUT2D eigenvalue weighted by atomic mass is 16.5. The van der Waals surface area contributed by atoms with Gasteiger partial charge >= 0.3 is 0 Å². The summed E-state index contributed by atoms with van der Waals surface area (Å²) in [7, 11) is 1.62. The van der Waals surface area contributed by atoms with Gasteiger partial charge in [-0.2, -0.15) is 0 Å². The molecule has 5 nitrogen and oxygen atoms in total. The molecule has 2 rings (SSSR count). The molecular formula is C19H24N2O3. The fraction of sp³-hybridized carbons (Fsp3) is 0.316. The lowest BCUT2D eigenvalue weighted by molar-refractivity contribution is -0.116. The van der Waals surface area contributed by atoms with Crippen molar-refractivity contribution in [3.8, 4) is 5.75 Å². The van der Waals surface area contributed by atoms with E-state index in [-0.39, 0.29) is 18.4 Å². The van der Waals surface area contributed by atoms with Gasteiger partial charge in [-0.3, -0.25) is 4.79 Å². The van der Waals surface area contributed by atoms with E-state index in [0.29, 0.717) is 24.7 Å². The molecule has 0 saturated carbocycles. The van der Waals surface area contributed by atoms with Crippen LogP contribution in [0.1, 0.15) is 23.6 Å². The molecule has 5 heteroatoms. The molecule has 0 aliphatic heterocycles. The van der Waals surface area contributed by atoms with Gasteiger partial charge in [0.1, 0.15) is 12.4 Å². The Balaban J connectivity index is 2.00. The van der Waals surface area contributed by atoms with Gasteiger partial charge in [0.15, 0.2) is 0 Å². The van der Waals surface area contributed by atoms with E-state index in [1.807, 2.05) is 55.5 Å². The Labute approximate surface area is 142 Å². The van der Waals surface area contributed by atoms with Crippen molar-refractivity contribution in [2.75, 3.05) is 25.6 Å². The minimum absolute atomic E-state index is 0.146. The molecule has 0 bridgehead atoms. The minimum Gasteiger partial charge on any atom is -0.489 e. The number of carbonyl (C=O) groups excluding carboxylic acids is 1. The molecule has 0 aliphatic rings. The Morgan fingerprint density at radius 2 is 1.92 bits per heavy atom. The first kappa shape index (κ1) is 18.0. The third-order valence-corrected chi connectivity index (χ3v) is 3.59. The predicted octanol–water partition coefficient (Wildman–Crippen LogP) is 3.05. The van der Waals surface area contributed by atoms with E-state index < -0.39 is 0 Å². The van der Waals surface area contributed by atoms with Crippen LogP contribution in [0.15, 0.2) is 48.5 Å². The van der Waals surface area contributed by atoms with Crippen molar-refractivity contribution in [1.82, 2.24) is 0 Å². The fourth-order valence-electron chi connectivity index (χ4n) is 2.31. The van der Waals surface area contributed by atoms with Crippen molar-refractivity contribution in [2.24, 2.45) is 5.73 Å². The SMILES string of the molecule is COCCOc1cc(C)ccc1NC(=O)CC(N)c1ccccc1. The third-order valence-electron chi connectivity index (χ3n) is 3.59. The Morgan fingerprint density at radius 1 is 1.17 bits per heavy atom. The highest BCUT2D eigenvalue weighted by Gasteiger charge is 2.13. The van der Waals surface area contributed by atoms with Crippen LogP contribution in [0.3, 0.4) is 0 Å². The number of aryl methyl sites for hydroxylation is 1. The van der Waals surface area contributed by atoms with E-state index in [9.17, 15) is 4.79 Å². The second-order valence-electron chi connectivity index (χ2n) is 5.61. The summed E-state index contributed by atoms with van der Waals surface area (Å²) < 4.78 is 10.7. The van der Waals surface area contributed by atoms with E-state index in [2.05, 4.69) is 5.32 Å². The average molecular weight is 328 g/mol. The van der Waals surface area contributed by atoms with Gasteiger partial charge in [0, 0.05) is 19.6 Å². The second-order valence-corrected chi connectivity index (χ2v) is 5.61. The summed E-state index contributed by atoms with van der Waals surface area (Å²) >= 11 is 0. The van der Waals surface area contributed by atoms with Crippen LogP contribution in [-0.2, 0) is 9.53 Å². The number of hydrogen-bond donors (Lipinski definition) is 2. The summed E-state index contributed by atoms with van der Waals surface area (Å²) in [5.74, 6) is 0.487. The van der Waals surface area contributed by atoms with Crippen molar-refractivity contribution < 1.29 is 14.3 Å². The van der Waals surface area contributed by atoms with Crippen LogP contribution in [0.25, 0.3) is 0 Å². The van der Waals surface area contributed by atoms with Gasteiger partial charge < -0.3 is 20.5 Å². The zero-order valence-corrected chi connectivity index (χ0v) is 14.1. The molecule has 2 aromatic rings. The molecule has 24 heavy (non-hydrogen) atoms. The highest BCUT2D eigenvalue weighted by Crippen LogP contribution is 2.26. The molecule has 0 aliphatic carbocycles. The second kappa shape index (κ2) is 9.05. The highest BCUT2D eigenvalue weighted by molar-refractivity contribution is 5.92. The molecule has 0 aromatic heterocycles. The molecule has 0 spiro atoms. The molecular weight excluding hydrogens is 304 g/mol. The Bertz CT molecular complexity index is 659. The zero-order chi connectivity index (χ0) is 17.4. The number of carbonyl (C=O) groups is 1. The predicted molar refractivity (Wildman–Crippen MR) is 95.2 cm³/mol. The molecule has 128 valence electrons. The first-order valence-corrected chi connectivity index (χ1v) is 7.93. The van der Waals surface area contributed by atoms with Gasteiger partial charge in [-0.05, 0) is 30.2 Å². The van der Waals surface area contributed by atoms with E-state index in [4.69, 9.17) is 15.2 Å². The van der Waals surface area contributed by atoms with E-state index in [1.54, 1.807) is 7.11 Å². The minimum atomic E-state index is -0.338. The first-order chi connectivity index (χ1) is 11.6. The van der Waals surface area contributed by atoms with Gasteiger partial charge in [0.2, 0.25) is 5.91 Å². The average Bonchev–Trinajstić information content (AvgIpc) is 2.58. The van der Waals surface area contributed by atoms with Crippen LogP contribution in [0, 0.1) is 6.92 Å². The summed E-state index contributed by atoms with van der Waals surface area (Å²) in [6.07, 6.45) is 0.204. The van der Waals surface area contributed by atoms with Crippen molar-refractivity contribution >= 4 is 11.6 Å². The molecule has 2 aromatic carbocycles. The fourth-order valence-corrected chi connectivity index (χ4v) is 2.31. The lowest BCUT2D eigenvalue weighted by Gasteiger charge is -2.15. The van der Waals surface area contributed by atoms with Gasteiger partial charge in [0.05, 0.1) is 12.3 Å². The van der Waals surface area contributed by atoms with Crippen molar-refractivity contribution in [3.05, 3.63) is 59.7 Å². The summed E-state index contributed by atoms with van der Waals surface area (Å²) in [4.78, 5) is 12.3. The third kappa shape index (κ3) is 5.37. The summed E-state index contributed by atoms with van der Waals surface area (Å²) in [6, 6.07) is 14.9. The number of anilines is 1. The maximum atomic E-state index is 12.3.